The van der Waals surface area contributed by atoms with Gasteiger partial charge in [0, 0.05) is 0 Å². The summed E-state index contributed by atoms with van der Waals surface area (Å²) in [5.74, 6) is 0. The van der Waals surface area contributed by atoms with Crippen LogP contribution in [0.1, 0.15) is 27.8 Å². The Morgan fingerprint density at radius 2 is 1.10 bits per heavy atom. The zero-order valence-electron chi connectivity index (χ0n) is 11.2. The monoisotopic (exact) mass is 270 g/mol. The quantitative estimate of drug-likeness (QED) is 0.731. The lowest BCUT2D eigenvalue weighted by Gasteiger charge is -2.04. The van der Waals surface area contributed by atoms with Gasteiger partial charge in [-0.05, 0) is 39.9 Å². The van der Waals surface area contributed by atoms with Gasteiger partial charge in [-0.15, -0.1) is 0 Å². The summed E-state index contributed by atoms with van der Waals surface area (Å²) in [7, 11) is 0. The first-order valence-electron chi connectivity index (χ1n) is 6.47. The fraction of sp³-hybridized carbons (Fsp3) is 0.176. The maximum absolute atomic E-state index is 9.20. The van der Waals surface area contributed by atoms with Crippen LogP contribution in [-0.2, 0) is 19.8 Å². The summed E-state index contributed by atoms with van der Waals surface area (Å²) in [6, 6.07) is 13.2. The maximum Gasteiger partial charge on any atom is 0.0682 e. The summed E-state index contributed by atoms with van der Waals surface area (Å²) in [4.78, 5) is 0. The second-order valence-corrected chi connectivity index (χ2v) is 4.63. The van der Waals surface area contributed by atoms with Crippen LogP contribution in [0, 0.1) is 0 Å². The Bertz CT molecular complexity index is 563. The van der Waals surface area contributed by atoms with Crippen LogP contribution in [-0.4, -0.2) is 15.3 Å². The average molecular weight is 270 g/mol. The highest BCUT2D eigenvalue weighted by Gasteiger charge is 1.98. The molecule has 0 fully saturated rings. The van der Waals surface area contributed by atoms with E-state index in [0.29, 0.717) is 0 Å². The number of hydrogen-bond donors (Lipinski definition) is 3. The zero-order valence-corrected chi connectivity index (χ0v) is 11.2. The number of rotatable bonds is 5. The summed E-state index contributed by atoms with van der Waals surface area (Å²) >= 11 is 0. The van der Waals surface area contributed by atoms with Crippen LogP contribution in [0.2, 0.25) is 0 Å². The SMILES string of the molecule is OCc1ccc(/C=C/c2cc(CO)cc(CO)c2)cc1. The molecule has 3 N–H and O–H groups in total. The van der Waals surface area contributed by atoms with Gasteiger partial charge in [0.2, 0.25) is 0 Å². The largest absolute Gasteiger partial charge is 0.392 e. The van der Waals surface area contributed by atoms with Gasteiger partial charge in [0.1, 0.15) is 0 Å². The minimum Gasteiger partial charge on any atom is -0.392 e. The second kappa shape index (κ2) is 7.01. The number of aliphatic hydroxyl groups is 3. The van der Waals surface area contributed by atoms with Crippen molar-refractivity contribution in [2.75, 3.05) is 0 Å². The van der Waals surface area contributed by atoms with E-state index in [9.17, 15) is 10.2 Å². The molecule has 3 nitrogen and oxygen atoms in total. The van der Waals surface area contributed by atoms with Gasteiger partial charge in [0.05, 0.1) is 19.8 Å². The molecule has 20 heavy (non-hydrogen) atoms. The molecule has 0 bridgehead atoms. The Balaban J connectivity index is 2.21. The smallest absolute Gasteiger partial charge is 0.0682 e. The Hall–Kier alpha value is -1.94. The highest BCUT2D eigenvalue weighted by atomic mass is 16.3. The van der Waals surface area contributed by atoms with Gasteiger partial charge in [-0.3, -0.25) is 0 Å². The molecule has 0 spiro atoms. The molecule has 2 aromatic carbocycles. The van der Waals surface area contributed by atoms with Crippen LogP contribution in [0.15, 0.2) is 42.5 Å². The van der Waals surface area contributed by atoms with E-state index in [0.717, 1.165) is 27.8 Å². The molecule has 0 radical (unpaired) electrons. The normalized spacial score (nSPS) is 11.2. The third kappa shape index (κ3) is 3.78. The number of aliphatic hydroxyl groups excluding tert-OH is 3. The molecule has 0 saturated carbocycles. The molecule has 104 valence electrons. The van der Waals surface area contributed by atoms with Gasteiger partial charge in [0.15, 0.2) is 0 Å². The molecule has 0 amide bonds. The van der Waals surface area contributed by atoms with E-state index in [1.807, 2.05) is 48.6 Å². The van der Waals surface area contributed by atoms with E-state index in [1.165, 1.54) is 0 Å². The molecule has 0 aliphatic carbocycles. The van der Waals surface area contributed by atoms with Crippen LogP contribution in [0.4, 0.5) is 0 Å². The molecule has 3 heteroatoms. The minimum absolute atomic E-state index is 0.0418. The van der Waals surface area contributed by atoms with Crippen LogP contribution in [0.5, 0.6) is 0 Å². The summed E-state index contributed by atoms with van der Waals surface area (Å²) in [5, 5.41) is 27.4. The first-order valence-corrected chi connectivity index (χ1v) is 6.47. The molecule has 0 aliphatic rings. The molecule has 2 rings (SSSR count). The van der Waals surface area contributed by atoms with Crippen molar-refractivity contribution in [3.05, 3.63) is 70.3 Å². The lowest BCUT2D eigenvalue weighted by Crippen LogP contribution is -1.90. The first-order chi connectivity index (χ1) is 9.75. The van der Waals surface area contributed by atoms with Crippen molar-refractivity contribution in [1.82, 2.24) is 0 Å². The topological polar surface area (TPSA) is 60.7 Å². The van der Waals surface area contributed by atoms with Gasteiger partial charge in [-0.25, -0.2) is 0 Å². The second-order valence-electron chi connectivity index (χ2n) is 4.63. The van der Waals surface area contributed by atoms with E-state index in [2.05, 4.69) is 0 Å². The summed E-state index contributed by atoms with van der Waals surface area (Å²) in [6.07, 6.45) is 3.89. The molecule has 0 atom stereocenters. The molecule has 0 aromatic heterocycles. The lowest BCUT2D eigenvalue weighted by molar-refractivity contribution is 0.275. The van der Waals surface area contributed by atoms with Gasteiger partial charge in [0.25, 0.3) is 0 Å². The Morgan fingerprint density at radius 1 is 0.600 bits per heavy atom. The van der Waals surface area contributed by atoms with Crippen LogP contribution >= 0.6 is 0 Å². The predicted molar refractivity (Wildman–Crippen MR) is 79.6 cm³/mol. The number of hydrogen-bond acceptors (Lipinski definition) is 3. The average Bonchev–Trinajstić information content (AvgIpc) is 2.53. The van der Waals surface area contributed by atoms with Crippen molar-refractivity contribution >= 4 is 12.2 Å². The van der Waals surface area contributed by atoms with E-state index in [-0.39, 0.29) is 19.8 Å². The molecule has 0 saturated heterocycles. The molecular weight excluding hydrogens is 252 g/mol. The van der Waals surface area contributed by atoms with Gasteiger partial charge < -0.3 is 15.3 Å². The van der Waals surface area contributed by atoms with Crippen molar-refractivity contribution < 1.29 is 15.3 Å². The van der Waals surface area contributed by atoms with Crippen molar-refractivity contribution in [1.29, 1.82) is 0 Å². The lowest BCUT2D eigenvalue weighted by atomic mass is 10.0. The van der Waals surface area contributed by atoms with Crippen molar-refractivity contribution in [2.24, 2.45) is 0 Å². The van der Waals surface area contributed by atoms with E-state index in [1.54, 1.807) is 6.07 Å². The standard InChI is InChI=1S/C17H18O3/c18-10-14-4-1-13(2-5-14)3-6-15-7-16(11-19)9-17(8-15)12-20/h1-9,18-20H,10-12H2/b6-3+. The Labute approximate surface area is 118 Å². The molecule has 0 aliphatic heterocycles. The summed E-state index contributed by atoms with van der Waals surface area (Å²) in [6.45, 7) is -0.0395. The van der Waals surface area contributed by atoms with Crippen molar-refractivity contribution in [3.8, 4) is 0 Å². The van der Waals surface area contributed by atoms with Gasteiger partial charge in [-0.2, -0.15) is 0 Å². The van der Waals surface area contributed by atoms with Crippen molar-refractivity contribution in [2.45, 2.75) is 19.8 Å². The van der Waals surface area contributed by atoms with E-state index >= 15 is 0 Å². The van der Waals surface area contributed by atoms with E-state index < -0.39 is 0 Å². The summed E-state index contributed by atoms with van der Waals surface area (Å²) < 4.78 is 0. The molecule has 0 heterocycles. The predicted octanol–water partition coefficient (Wildman–Crippen LogP) is 2.33. The molecule has 0 unspecified atom stereocenters. The third-order valence-electron chi connectivity index (χ3n) is 3.07. The fourth-order valence-corrected chi connectivity index (χ4v) is 2.00. The number of benzene rings is 2. The zero-order chi connectivity index (χ0) is 14.4. The van der Waals surface area contributed by atoms with Crippen LogP contribution < -0.4 is 0 Å². The highest BCUT2D eigenvalue weighted by molar-refractivity contribution is 5.70. The highest BCUT2D eigenvalue weighted by Crippen LogP contribution is 2.14. The van der Waals surface area contributed by atoms with Crippen molar-refractivity contribution in [3.63, 3.8) is 0 Å². The Kier molecular flexibility index (Phi) is 5.07. The minimum atomic E-state index is -0.0418. The molecule has 2 aromatic rings. The molecular formula is C17H18O3. The first kappa shape index (κ1) is 14.5. The van der Waals surface area contributed by atoms with Gasteiger partial charge in [-0.1, -0.05) is 42.5 Å². The third-order valence-corrected chi connectivity index (χ3v) is 3.07. The van der Waals surface area contributed by atoms with Gasteiger partial charge >= 0.3 is 0 Å². The van der Waals surface area contributed by atoms with Crippen LogP contribution in [0.25, 0.3) is 12.2 Å². The maximum atomic E-state index is 9.20. The summed E-state index contributed by atoms with van der Waals surface area (Å²) in [5.41, 5.74) is 4.42. The van der Waals surface area contributed by atoms with Crippen LogP contribution in [0.3, 0.4) is 0 Å². The Morgan fingerprint density at radius 3 is 1.60 bits per heavy atom. The van der Waals surface area contributed by atoms with E-state index in [4.69, 9.17) is 5.11 Å². The fourth-order valence-electron chi connectivity index (χ4n) is 2.00.